The zero-order valence-corrected chi connectivity index (χ0v) is 22.3. The molecule has 1 spiro atoms. The summed E-state index contributed by atoms with van der Waals surface area (Å²) in [7, 11) is 0. The molecule has 7 heteroatoms. The summed E-state index contributed by atoms with van der Waals surface area (Å²) >= 11 is 0. The Morgan fingerprint density at radius 2 is 1.97 bits per heavy atom. The van der Waals surface area contributed by atoms with Crippen molar-refractivity contribution in [1.29, 1.82) is 5.26 Å². The van der Waals surface area contributed by atoms with Crippen LogP contribution in [0.4, 0.5) is 25.0 Å². The van der Waals surface area contributed by atoms with Crippen LogP contribution in [0.3, 0.4) is 0 Å². The first-order valence-corrected chi connectivity index (χ1v) is 13.1. The highest BCUT2D eigenvalue weighted by atomic mass is 19.3. The van der Waals surface area contributed by atoms with Crippen molar-refractivity contribution < 1.29 is 18.3 Å². The molecule has 1 aliphatic carbocycles. The Bertz CT molecular complexity index is 1160. The third-order valence-electron chi connectivity index (χ3n) is 7.26. The molecule has 2 aromatic carbocycles. The fourth-order valence-electron chi connectivity index (χ4n) is 5.19. The first-order valence-electron chi connectivity index (χ1n) is 13.1. The molecule has 0 bridgehead atoms. The average molecular weight is 510 g/mol. The van der Waals surface area contributed by atoms with E-state index >= 15 is 0 Å². The molecule has 1 saturated carbocycles. The summed E-state index contributed by atoms with van der Waals surface area (Å²) in [6.45, 7) is 8.25. The number of benzene rings is 2. The molecule has 198 valence electrons. The molecule has 5 nitrogen and oxygen atoms in total. The lowest BCUT2D eigenvalue weighted by Gasteiger charge is -2.40. The topological polar surface area (TPSA) is 65.7 Å². The maximum atomic E-state index is 14.3. The van der Waals surface area contributed by atoms with E-state index in [1.54, 1.807) is 17.2 Å². The second-order valence-electron chi connectivity index (χ2n) is 9.92. The summed E-state index contributed by atoms with van der Waals surface area (Å²) in [6.07, 6.45) is 4.63. The highest BCUT2D eigenvalue weighted by Gasteiger charge is 2.56. The number of para-hydroxylation sites is 1. The van der Waals surface area contributed by atoms with Crippen molar-refractivity contribution in [3.8, 4) is 6.07 Å². The molecule has 1 heterocycles. The lowest BCUT2D eigenvalue weighted by atomic mass is 9.73. The summed E-state index contributed by atoms with van der Waals surface area (Å²) in [5.74, 6) is -3.35. The molecule has 2 unspecified atom stereocenters. The second-order valence-corrected chi connectivity index (χ2v) is 9.92. The third kappa shape index (κ3) is 6.74. The SMILES string of the molecule is CC=Nc1ccc(C#N)cc1C.CCCCC1CC2(CCC1(F)F)CN(c1ccccc1CC)C(=O)O2. The van der Waals surface area contributed by atoms with E-state index in [0.717, 1.165) is 41.8 Å². The van der Waals surface area contributed by atoms with Crippen molar-refractivity contribution in [2.75, 3.05) is 11.4 Å². The molecule has 1 amide bonds. The number of carbonyl (C=O) groups is 1. The van der Waals surface area contributed by atoms with Crippen LogP contribution in [-0.4, -0.2) is 30.4 Å². The van der Waals surface area contributed by atoms with Gasteiger partial charge in [0.05, 0.1) is 29.6 Å². The van der Waals surface area contributed by atoms with Crippen LogP contribution < -0.4 is 4.90 Å². The number of anilines is 1. The van der Waals surface area contributed by atoms with Gasteiger partial charge in [0.15, 0.2) is 0 Å². The number of nitrogens with zero attached hydrogens (tertiary/aromatic N) is 3. The van der Waals surface area contributed by atoms with Gasteiger partial charge in [-0.2, -0.15) is 5.26 Å². The number of carbonyl (C=O) groups excluding carboxylic acids is 1. The van der Waals surface area contributed by atoms with Crippen LogP contribution >= 0.6 is 0 Å². The Labute approximate surface area is 219 Å². The molecule has 2 aliphatic rings. The highest BCUT2D eigenvalue weighted by Crippen LogP contribution is 2.49. The molecule has 2 aromatic rings. The number of aryl methyl sites for hydroxylation is 2. The van der Waals surface area contributed by atoms with Crippen LogP contribution in [-0.2, 0) is 11.2 Å². The minimum Gasteiger partial charge on any atom is -0.441 e. The number of nitriles is 1. The van der Waals surface area contributed by atoms with Crippen LogP contribution in [0, 0.1) is 24.2 Å². The number of hydrogen-bond donors (Lipinski definition) is 0. The molecular weight excluding hydrogens is 472 g/mol. The van der Waals surface area contributed by atoms with E-state index in [0.29, 0.717) is 18.5 Å². The number of aliphatic imine (C=N–C) groups is 1. The quantitative estimate of drug-likeness (QED) is 0.369. The van der Waals surface area contributed by atoms with Crippen molar-refractivity contribution in [2.45, 2.75) is 84.2 Å². The molecule has 2 fully saturated rings. The van der Waals surface area contributed by atoms with Gasteiger partial charge in [0, 0.05) is 18.6 Å². The maximum absolute atomic E-state index is 14.3. The molecule has 4 rings (SSSR count). The maximum Gasteiger partial charge on any atom is 0.415 e. The molecule has 2 atom stereocenters. The van der Waals surface area contributed by atoms with Crippen LogP contribution in [0.2, 0.25) is 0 Å². The van der Waals surface area contributed by atoms with Crippen LogP contribution in [0.1, 0.15) is 76.0 Å². The van der Waals surface area contributed by atoms with Crippen molar-refractivity contribution >= 4 is 23.7 Å². The smallest absolute Gasteiger partial charge is 0.415 e. The largest absolute Gasteiger partial charge is 0.441 e. The number of hydrogen-bond acceptors (Lipinski definition) is 4. The first-order chi connectivity index (χ1) is 17.7. The van der Waals surface area contributed by atoms with Crippen molar-refractivity contribution in [2.24, 2.45) is 10.9 Å². The predicted octanol–water partition coefficient (Wildman–Crippen LogP) is 8.16. The molecule has 37 heavy (non-hydrogen) atoms. The Kier molecular flexibility index (Phi) is 9.42. The Hall–Kier alpha value is -3.27. The van der Waals surface area contributed by atoms with Crippen molar-refractivity contribution in [3.05, 3.63) is 59.2 Å². The van der Waals surface area contributed by atoms with E-state index < -0.39 is 23.5 Å². The Morgan fingerprint density at radius 3 is 2.62 bits per heavy atom. The van der Waals surface area contributed by atoms with Crippen LogP contribution in [0.15, 0.2) is 47.5 Å². The average Bonchev–Trinajstić information content (AvgIpc) is 3.22. The van der Waals surface area contributed by atoms with Crippen molar-refractivity contribution in [3.63, 3.8) is 0 Å². The van der Waals surface area contributed by atoms with Crippen molar-refractivity contribution in [1.82, 2.24) is 0 Å². The third-order valence-corrected chi connectivity index (χ3v) is 7.26. The van der Waals surface area contributed by atoms with Gasteiger partial charge in [-0.25, -0.2) is 13.6 Å². The lowest BCUT2D eigenvalue weighted by molar-refractivity contribution is -0.137. The second kappa shape index (κ2) is 12.3. The monoisotopic (exact) mass is 509 g/mol. The fraction of sp³-hybridized carbons (Fsp3) is 0.500. The molecule has 0 aromatic heterocycles. The van der Waals surface area contributed by atoms with Crippen LogP contribution in [0.25, 0.3) is 0 Å². The van der Waals surface area contributed by atoms with Gasteiger partial charge in [-0.3, -0.25) is 9.89 Å². The van der Waals surface area contributed by atoms with Gasteiger partial charge >= 0.3 is 6.09 Å². The number of unbranched alkanes of at least 4 members (excludes halogenated alkanes) is 1. The summed E-state index contributed by atoms with van der Waals surface area (Å²) < 4.78 is 34.3. The molecule has 0 N–H and O–H groups in total. The number of ether oxygens (including phenoxy) is 1. The number of alkyl halides is 2. The van der Waals surface area contributed by atoms with Gasteiger partial charge in [-0.15, -0.1) is 0 Å². The van der Waals surface area contributed by atoms with E-state index in [-0.39, 0.29) is 19.3 Å². The van der Waals surface area contributed by atoms with E-state index in [4.69, 9.17) is 10.00 Å². The summed E-state index contributed by atoms with van der Waals surface area (Å²) in [6, 6.07) is 15.3. The zero-order chi connectivity index (χ0) is 27.1. The highest BCUT2D eigenvalue weighted by molar-refractivity contribution is 5.91. The normalized spacial score (nSPS) is 22.5. The van der Waals surface area contributed by atoms with E-state index in [2.05, 4.69) is 11.1 Å². The molecule has 1 aliphatic heterocycles. The number of rotatable bonds is 6. The first kappa shape index (κ1) is 28.3. The molecule has 0 radical (unpaired) electrons. The van der Waals surface area contributed by atoms with E-state index in [9.17, 15) is 13.6 Å². The minimum atomic E-state index is -2.65. The minimum absolute atomic E-state index is 0.197. The van der Waals surface area contributed by atoms with Gasteiger partial charge in [0.25, 0.3) is 5.92 Å². The summed E-state index contributed by atoms with van der Waals surface area (Å²) in [4.78, 5) is 18.3. The predicted molar refractivity (Wildman–Crippen MR) is 144 cm³/mol. The van der Waals surface area contributed by atoms with E-state index in [1.165, 1.54) is 0 Å². The zero-order valence-electron chi connectivity index (χ0n) is 22.3. The lowest BCUT2D eigenvalue weighted by Crippen LogP contribution is -2.47. The number of amides is 1. The fourth-order valence-corrected chi connectivity index (χ4v) is 5.19. The standard InChI is InChI=1S/C20H27F2NO2.C10H10N2/c1-3-5-9-16-13-19(11-12-20(16,21)22)14-23(18(24)25-19)17-10-7-6-8-15(17)4-2;1-3-12-10-5-4-9(7-11)6-8(10)2/h6-8,10,16H,3-5,9,11-14H2,1-2H3;3-6H,1-2H3. The molecular formula is C30H37F2N3O2. The van der Waals surface area contributed by atoms with E-state index in [1.807, 2.05) is 64.1 Å². The number of halogens is 2. The molecule has 1 saturated heterocycles. The van der Waals surface area contributed by atoms with Gasteiger partial charge in [-0.1, -0.05) is 44.9 Å². The van der Waals surface area contributed by atoms with Gasteiger partial charge in [0.2, 0.25) is 0 Å². The Balaban J connectivity index is 0.000000266. The summed E-state index contributed by atoms with van der Waals surface area (Å²) in [5.41, 5.74) is 3.79. The summed E-state index contributed by atoms with van der Waals surface area (Å²) in [5, 5.41) is 8.59. The van der Waals surface area contributed by atoms with Gasteiger partial charge < -0.3 is 4.74 Å². The van der Waals surface area contributed by atoms with Crippen LogP contribution in [0.5, 0.6) is 0 Å². The Morgan fingerprint density at radius 1 is 1.22 bits per heavy atom. The van der Waals surface area contributed by atoms with Gasteiger partial charge in [0.1, 0.15) is 5.60 Å². The van der Waals surface area contributed by atoms with Gasteiger partial charge in [-0.05, 0) is 74.9 Å².